The third-order valence-corrected chi connectivity index (χ3v) is 5.04. The Balaban J connectivity index is 1.36. The summed E-state index contributed by atoms with van der Waals surface area (Å²) in [6.45, 7) is 1.13. The van der Waals surface area contributed by atoms with Gasteiger partial charge in [-0.25, -0.2) is 0 Å². The van der Waals surface area contributed by atoms with E-state index >= 15 is 0 Å². The smallest absolute Gasteiger partial charge is 0.361 e. The number of nitrogens with zero attached hydrogens (tertiary/aromatic N) is 3. The Morgan fingerprint density at radius 1 is 1.07 bits per heavy atom. The van der Waals surface area contributed by atoms with Crippen LogP contribution in [0.25, 0.3) is 10.9 Å². The highest BCUT2D eigenvalue weighted by atomic mass is 19.4. The van der Waals surface area contributed by atoms with Crippen LogP contribution in [0.15, 0.2) is 36.5 Å². The largest absolute Gasteiger partial charge is 0.432 e. The first-order valence-corrected chi connectivity index (χ1v) is 9.07. The molecule has 1 aliphatic rings. The van der Waals surface area contributed by atoms with Crippen LogP contribution in [0, 0.1) is 0 Å². The van der Waals surface area contributed by atoms with Crippen LogP contribution in [0.5, 0.6) is 0 Å². The number of aromatic amines is 2. The van der Waals surface area contributed by atoms with Gasteiger partial charge in [0.15, 0.2) is 5.69 Å². The number of nitrogens with one attached hydrogen (secondary N) is 2. The van der Waals surface area contributed by atoms with Crippen LogP contribution >= 0.6 is 0 Å². The van der Waals surface area contributed by atoms with Gasteiger partial charge >= 0.3 is 6.18 Å². The zero-order valence-electron chi connectivity index (χ0n) is 15.3. The number of halogens is 3. The summed E-state index contributed by atoms with van der Waals surface area (Å²) in [5, 5.41) is 6.31. The van der Waals surface area contributed by atoms with Gasteiger partial charge in [0.2, 0.25) is 5.91 Å². The van der Waals surface area contributed by atoms with E-state index in [1.165, 1.54) is 4.90 Å². The number of alkyl halides is 3. The minimum absolute atomic E-state index is 0.0546. The van der Waals surface area contributed by atoms with Crippen molar-refractivity contribution < 1.29 is 22.8 Å². The molecule has 2 aromatic heterocycles. The van der Waals surface area contributed by atoms with E-state index < -0.39 is 17.8 Å². The molecule has 2 N–H and O–H groups in total. The maximum absolute atomic E-state index is 12.7. The molecule has 0 bridgehead atoms. The van der Waals surface area contributed by atoms with Crippen LogP contribution in [0.2, 0.25) is 0 Å². The van der Waals surface area contributed by atoms with Gasteiger partial charge in [-0.1, -0.05) is 18.2 Å². The fourth-order valence-corrected chi connectivity index (χ4v) is 3.45. The van der Waals surface area contributed by atoms with Gasteiger partial charge in [-0.05, 0) is 11.6 Å². The molecule has 3 heterocycles. The molecule has 1 aromatic carbocycles. The minimum atomic E-state index is -4.58. The average Bonchev–Trinajstić information content (AvgIpc) is 3.35. The Morgan fingerprint density at radius 3 is 2.45 bits per heavy atom. The molecule has 4 rings (SSSR count). The summed E-state index contributed by atoms with van der Waals surface area (Å²) in [7, 11) is 0. The lowest BCUT2D eigenvalue weighted by Crippen LogP contribution is -2.51. The minimum Gasteiger partial charge on any atom is -0.361 e. The molecule has 29 heavy (non-hydrogen) atoms. The lowest BCUT2D eigenvalue weighted by Gasteiger charge is -2.34. The van der Waals surface area contributed by atoms with E-state index in [4.69, 9.17) is 0 Å². The van der Waals surface area contributed by atoms with Gasteiger partial charge in [0.05, 0.1) is 6.42 Å². The summed E-state index contributed by atoms with van der Waals surface area (Å²) in [5.41, 5.74) is 0.521. The van der Waals surface area contributed by atoms with Gasteiger partial charge in [0.25, 0.3) is 5.91 Å². The summed E-state index contributed by atoms with van der Waals surface area (Å²) < 4.78 is 38.0. The predicted octanol–water partition coefficient (Wildman–Crippen LogP) is 2.44. The molecule has 0 atom stereocenters. The predicted molar refractivity (Wildman–Crippen MR) is 98.1 cm³/mol. The summed E-state index contributed by atoms with van der Waals surface area (Å²) in [5.74, 6) is -0.638. The normalized spacial score (nSPS) is 15.1. The molecule has 0 spiro atoms. The topological polar surface area (TPSA) is 85.1 Å². The number of H-pyrrole nitrogens is 2. The number of piperazine rings is 1. The number of para-hydroxylation sites is 1. The van der Waals surface area contributed by atoms with Crippen molar-refractivity contribution in [1.82, 2.24) is 25.0 Å². The highest BCUT2D eigenvalue weighted by Gasteiger charge is 2.35. The fourth-order valence-electron chi connectivity index (χ4n) is 3.45. The summed E-state index contributed by atoms with van der Waals surface area (Å²) in [4.78, 5) is 31.2. The van der Waals surface area contributed by atoms with Crippen LogP contribution in [-0.4, -0.2) is 63.0 Å². The van der Waals surface area contributed by atoms with Gasteiger partial charge in [-0.15, -0.1) is 0 Å². The molecule has 7 nitrogen and oxygen atoms in total. The van der Waals surface area contributed by atoms with E-state index in [-0.39, 0.29) is 31.1 Å². The molecule has 0 unspecified atom stereocenters. The van der Waals surface area contributed by atoms with E-state index in [0.29, 0.717) is 19.2 Å². The molecular formula is C19H18F3N5O2. The Kier molecular flexibility index (Phi) is 4.77. The first-order valence-electron chi connectivity index (χ1n) is 9.07. The number of aromatic nitrogens is 3. The average molecular weight is 405 g/mol. The summed E-state index contributed by atoms with van der Waals surface area (Å²) in [6, 6.07) is 8.42. The molecule has 2 amide bonds. The second-order valence-corrected chi connectivity index (χ2v) is 6.87. The second kappa shape index (κ2) is 7.26. The SMILES string of the molecule is O=C(Cc1c[nH]c2ccccc12)N1CCN(C(=O)c2cc(C(F)(F)F)[nH]n2)CC1. The van der Waals surface area contributed by atoms with Gasteiger partial charge in [0.1, 0.15) is 5.69 Å². The molecule has 0 aliphatic carbocycles. The third-order valence-electron chi connectivity index (χ3n) is 5.04. The molecular weight excluding hydrogens is 387 g/mol. The lowest BCUT2D eigenvalue weighted by atomic mass is 10.1. The Bertz CT molecular complexity index is 1050. The standard InChI is InChI=1S/C19H18F3N5O2/c20-19(21,22)16-10-15(24-25-16)18(29)27-7-5-26(6-8-27)17(28)9-12-11-23-14-4-2-1-3-13(12)14/h1-4,10-11,23H,5-9H2,(H,24,25). The van der Waals surface area contributed by atoms with Crippen molar-refractivity contribution >= 4 is 22.7 Å². The number of fused-ring (bicyclic) bond motifs is 1. The van der Waals surface area contributed by atoms with Crippen LogP contribution in [0.3, 0.4) is 0 Å². The number of amides is 2. The zero-order chi connectivity index (χ0) is 20.6. The number of carbonyl (C=O) groups excluding carboxylic acids is 2. The molecule has 3 aromatic rings. The van der Waals surface area contributed by atoms with Crippen molar-refractivity contribution in [2.75, 3.05) is 26.2 Å². The Morgan fingerprint density at radius 2 is 1.76 bits per heavy atom. The number of rotatable bonds is 3. The Hall–Kier alpha value is -3.30. The molecule has 1 fully saturated rings. The molecule has 152 valence electrons. The van der Waals surface area contributed by atoms with Crippen molar-refractivity contribution in [2.45, 2.75) is 12.6 Å². The highest BCUT2D eigenvalue weighted by Crippen LogP contribution is 2.28. The summed E-state index contributed by atoms with van der Waals surface area (Å²) >= 11 is 0. The summed E-state index contributed by atoms with van der Waals surface area (Å²) in [6.07, 6.45) is -2.52. The number of hydrogen-bond donors (Lipinski definition) is 2. The van der Waals surface area contributed by atoms with Crippen LogP contribution in [0.1, 0.15) is 21.7 Å². The highest BCUT2D eigenvalue weighted by molar-refractivity contribution is 5.93. The molecule has 0 radical (unpaired) electrons. The van der Waals surface area contributed by atoms with Crippen molar-refractivity contribution in [3.05, 3.63) is 53.5 Å². The molecule has 1 aliphatic heterocycles. The maximum atomic E-state index is 12.7. The van der Waals surface area contributed by atoms with Gasteiger partial charge < -0.3 is 14.8 Å². The first-order chi connectivity index (χ1) is 13.8. The van der Waals surface area contributed by atoms with Crippen LogP contribution in [0.4, 0.5) is 13.2 Å². The van der Waals surface area contributed by atoms with Crippen LogP contribution < -0.4 is 0 Å². The van der Waals surface area contributed by atoms with Gasteiger partial charge in [-0.2, -0.15) is 18.3 Å². The monoisotopic (exact) mass is 405 g/mol. The third kappa shape index (κ3) is 3.82. The first kappa shape index (κ1) is 19.0. The second-order valence-electron chi connectivity index (χ2n) is 6.87. The lowest BCUT2D eigenvalue weighted by molar-refractivity contribution is -0.141. The quantitative estimate of drug-likeness (QED) is 0.702. The zero-order valence-corrected chi connectivity index (χ0v) is 15.3. The van der Waals surface area contributed by atoms with Crippen molar-refractivity contribution in [3.8, 4) is 0 Å². The number of benzene rings is 1. The molecule has 1 saturated heterocycles. The van der Waals surface area contributed by atoms with Gasteiger partial charge in [0, 0.05) is 49.3 Å². The van der Waals surface area contributed by atoms with Crippen LogP contribution in [-0.2, 0) is 17.4 Å². The van der Waals surface area contributed by atoms with E-state index in [9.17, 15) is 22.8 Å². The van der Waals surface area contributed by atoms with E-state index in [0.717, 1.165) is 16.5 Å². The molecule has 0 saturated carbocycles. The Labute approximate surface area is 163 Å². The fraction of sp³-hybridized carbons (Fsp3) is 0.316. The molecule has 10 heteroatoms. The van der Waals surface area contributed by atoms with E-state index in [1.54, 1.807) is 4.90 Å². The van der Waals surface area contributed by atoms with Crippen molar-refractivity contribution in [2.24, 2.45) is 0 Å². The number of hydrogen-bond acceptors (Lipinski definition) is 3. The van der Waals surface area contributed by atoms with Crippen molar-refractivity contribution in [3.63, 3.8) is 0 Å². The van der Waals surface area contributed by atoms with E-state index in [2.05, 4.69) is 10.1 Å². The maximum Gasteiger partial charge on any atom is 0.432 e. The van der Waals surface area contributed by atoms with Crippen molar-refractivity contribution in [1.29, 1.82) is 0 Å². The van der Waals surface area contributed by atoms with E-state index in [1.807, 2.05) is 35.6 Å². The van der Waals surface area contributed by atoms with Gasteiger partial charge in [-0.3, -0.25) is 14.7 Å². The number of carbonyl (C=O) groups is 2.